The first-order chi connectivity index (χ1) is 16.5. The number of para-hydroxylation sites is 1. The molecule has 4 aromatic rings. The van der Waals surface area contributed by atoms with Crippen LogP contribution in [-0.2, 0) is 16.0 Å². The Kier molecular flexibility index (Phi) is 6.92. The summed E-state index contributed by atoms with van der Waals surface area (Å²) in [6.45, 7) is 2.12. The Hall–Kier alpha value is -4.53. The molecule has 0 spiro atoms. The molecule has 1 amide bonds. The van der Waals surface area contributed by atoms with Crippen molar-refractivity contribution < 1.29 is 23.1 Å². The molecule has 34 heavy (non-hydrogen) atoms. The van der Waals surface area contributed by atoms with E-state index in [1.54, 1.807) is 31.2 Å². The van der Waals surface area contributed by atoms with Gasteiger partial charge in [0.05, 0.1) is 18.7 Å². The molecule has 0 aliphatic carbocycles. The molecule has 0 saturated heterocycles. The summed E-state index contributed by atoms with van der Waals surface area (Å²) in [7, 11) is 0. The molecule has 1 heterocycles. The minimum atomic E-state index is -0.599. The van der Waals surface area contributed by atoms with Gasteiger partial charge in [0.25, 0.3) is 0 Å². The van der Waals surface area contributed by atoms with E-state index in [9.17, 15) is 14.0 Å². The Morgan fingerprint density at radius 3 is 2.53 bits per heavy atom. The molecule has 4 rings (SSSR count). The van der Waals surface area contributed by atoms with Gasteiger partial charge in [-0.15, -0.1) is 5.10 Å². The molecule has 0 aliphatic heterocycles. The number of amides is 1. The van der Waals surface area contributed by atoms with Crippen LogP contribution in [0.2, 0.25) is 0 Å². The Bertz CT molecular complexity index is 1300. The standard InChI is InChI=1S/C25H21FN4O4/c1-2-33-22(31)15-16-6-5-7-18(14-16)17-10-12-19(13-11-17)27-23(32)24-29-30-25(34-24)28-21-9-4-3-8-20(21)26/h3-14H,2,15H2,1H3,(H,27,32)(H,28,30). The van der Waals surface area contributed by atoms with Gasteiger partial charge in [-0.3, -0.25) is 9.59 Å². The molecule has 0 saturated carbocycles. The molecular weight excluding hydrogens is 439 g/mol. The van der Waals surface area contributed by atoms with E-state index in [1.165, 1.54) is 12.1 Å². The molecule has 2 N–H and O–H groups in total. The van der Waals surface area contributed by atoms with Crippen LogP contribution in [0.25, 0.3) is 11.1 Å². The monoisotopic (exact) mass is 460 g/mol. The van der Waals surface area contributed by atoms with Crippen LogP contribution in [-0.4, -0.2) is 28.7 Å². The maximum absolute atomic E-state index is 13.7. The molecule has 9 heteroatoms. The zero-order valence-electron chi connectivity index (χ0n) is 18.2. The maximum Gasteiger partial charge on any atom is 0.320 e. The molecular formula is C25H21FN4O4. The van der Waals surface area contributed by atoms with E-state index in [-0.39, 0.29) is 30.0 Å². The number of benzene rings is 3. The number of ether oxygens (including phenoxy) is 1. The smallest absolute Gasteiger partial charge is 0.320 e. The highest BCUT2D eigenvalue weighted by atomic mass is 19.1. The van der Waals surface area contributed by atoms with Crippen molar-refractivity contribution in [2.75, 3.05) is 17.2 Å². The number of nitrogens with one attached hydrogen (secondary N) is 2. The molecule has 1 aromatic heterocycles. The minimum Gasteiger partial charge on any atom is -0.466 e. The molecule has 8 nitrogen and oxygen atoms in total. The molecule has 0 aliphatic rings. The van der Waals surface area contributed by atoms with E-state index < -0.39 is 11.7 Å². The summed E-state index contributed by atoms with van der Waals surface area (Å²) in [4.78, 5) is 24.2. The van der Waals surface area contributed by atoms with Crippen LogP contribution in [0.1, 0.15) is 23.2 Å². The van der Waals surface area contributed by atoms with Crippen molar-refractivity contribution in [3.8, 4) is 11.1 Å². The molecule has 172 valence electrons. The van der Waals surface area contributed by atoms with E-state index >= 15 is 0 Å². The van der Waals surface area contributed by atoms with Gasteiger partial charge in [-0.25, -0.2) is 4.39 Å². The summed E-state index contributed by atoms with van der Waals surface area (Å²) in [5.74, 6) is -1.63. The van der Waals surface area contributed by atoms with E-state index in [0.29, 0.717) is 12.3 Å². The number of rotatable bonds is 8. The van der Waals surface area contributed by atoms with Crippen LogP contribution < -0.4 is 10.6 Å². The number of halogens is 1. The lowest BCUT2D eigenvalue weighted by atomic mass is 10.0. The first-order valence-electron chi connectivity index (χ1n) is 10.5. The fourth-order valence-corrected chi connectivity index (χ4v) is 3.21. The Labute approximate surface area is 194 Å². The molecule has 0 unspecified atom stereocenters. The molecule has 0 bridgehead atoms. The fraction of sp³-hybridized carbons (Fsp3) is 0.120. The van der Waals surface area contributed by atoms with E-state index in [4.69, 9.17) is 9.15 Å². The molecule has 0 fully saturated rings. The van der Waals surface area contributed by atoms with Crippen LogP contribution in [0.3, 0.4) is 0 Å². The predicted molar refractivity (Wildman–Crippen MR) is 124 cm³/mol. The molecule has 0 radical (unpaired) electrons. The van der Waals surface area contributed by atoms with E-state index in [2.05, 4.69) is 20.8 Å². The first-order valence-corrected chi connectivity index (χ1v) is 10.5. The second kappa shape index (κ2) is 10.4. The van der Waals surface area contributed by atoms with Crippen LogP contribution in [0.4, 0.5) is 21.8 Å². The van der Waals surface area contributed by atoms with Crippen molar-refractivity contribution >= 4 is 29.3 Å². The Morgan fingerprint density at radius 2 is 1.76 bits per heavy atom. The van der Waals surface area contributed by atoms with E-state index in [0.717, 1.165) is 16.7 Å². The van der Waals surface area contributed by atoms with Gasteiger partial charge in [-0.05, 0) is 47.9 Å². The van der Waals surface area contributed by atoms with Crippen LogP contribution in [0.15, 0.2) is 77.2 Å². The minimum absolute atomic E-state index is 0.103. The van der Waals surface area contributed by atoms with Crippen LogP contribution in [0.5, 0.6) is 0 Å². The third-order valence-electron chi connectivity index (χ3n) is 4.79. The average molecular weight is 460 g/mol. The first kappa shape index (κ1) is 22.7. The third-order valence-corrected chi connectivity index (χ3v) is 4.79. The lowest BCUT2D eigenvalue weighted by molar-refractivity contribution is -0.142. The van der Waals surface area contributed by atoms with Gasteiger partial charge in [0.1, 0.15) is 5.82 Å². The van der Waals surface area contributed by atoms with Crippen molar-refractivity contribution in [3.63, 3.8) is 0 Å². The van der Waals surface area contributed by atoms with Crippen LogP contribution >= 0.6 is 0 Å². The van der Waals surface area contributed by atoms with Gasteiger partial charge >= 0.3 is 23.8 Å². The number of nitrogens with zero attached hydrogens (tertiary/aromatic N) is 2. The fourth-order valence-electron chi connectivity index (χ4n) is 3.21. The van der Waals surface area contributed by atoms with Crippen LogP contribution in [0, 0.1) is 5.82 Å². The summed E-state index contributed by atoms with van der Waals surface area (Å²) in [6, 6.07) is 20.7. The second-order valence-electron chi connectivity index (χ2n) is 7.23. The highest BCUT2D eigenvalue weighted by Gasteiger charge is 2.16. The van der Waals surface area contributed by atoms with Crippen molar-refractivity contribution in [3.05, 3.63) is 90.1 Å². The number of hydrogen-bond donors (Lipinski definition) is 2. The number of carbonyl (C=O) groups excluding carboxylic acids is 2. The zero-order chi connectivity index (χ0) is 23.9. The van der Waals surface area contributed by atoms with Gasteiger partial charge in [-0.2, -0.15) is 0 Å². The Balaban J connectivity index is 1.39. The van der Waals surface area contributed by atoms with Crippen molar-refractivity contribution in [1.29, 1.82) is 0 Å². The summed E-state index contributed by atoms with van der Waals surface area (Å²) >= 11 is 0. The predicted octanol–water partition coefficient (Wildman–Crippen LogP) is 4.98. The highest BCUT2D eigenvalue weighted by Crippen LogP contribution is 2.24. The second-order valence-corrected chi connectivity index (χ2v) is 7.23. The normalized spacial score (nSPS) is 10.5. The van der Waals surface area contributed by atoms with Gasteiger partial charge in [0.15, 0.2) is 0 Å². The van der Waals surface area contributed by atoms with Gasteiger partial charge in [-0.1, -0.05) is 53.6 Å². The van der Waals surface area contributed by atoms with E-state index in [1.807, 2.05) is 36.4 Å². The van der Waals surface area contributed by atoms with Crippen molar-refractivity contribution in [2.24, 2.45) is 0 Å². The summed E-state index contributed by atoms with van der Waals surface area (Å²) in [5.41, 5.74) is 3.38. The number of esters is 1. The van der Waals surface area contributed by atoms with Crippen molar-refractivity contribution in [2.45, 2.75) is 13.3 Å². The lowest BCUT2D eigenvalue weighted by Gasteiger charge is -2.07. The maximum atomic E-state index is 13.7. The highest BCUT2D eigenvalue weighted by molar-refractivity contribution is 6.01. The quantitative estimate of drug-likeness (QED) is 0.357. The molecule has 0 atom stereocenters. The van der Waals surface area contributed by atoms with Crippen molar-refractivity contribution in [1.82, 2.24) is 10.2 Å². The zero-order valence-corrected chi connectivity index (χ0v) is 18.2. The lowest BCUT2D eigenvalue weighted by Crippen LogP contribution is -2.12. The Morgan fingerprint density at radius 1 is 0.971 bits per heavy atom. The number of aromatic nitrogens is 2. The number of hydrogen-bond acceptors (Lipinski definition) is 7. The van der Waals surface area contributed by atoms with Gasteiger partial charge in [0.2, 0.25) is 0 Å². The largest absolute Gasteiger partial charge is 0.466 e. The average Bonchev–Trinajstić information content (AvgIpc) is 3.30. The third kappa shape index (κ3) is 5.63. The number of anilines is 3. The summed E-state index contributed by atoms with van der Waals surface area (Å²) < 4.78 is 24.0. The van der Waals surface area contributed by atoms with Gasteiger partial charge < -0.3 is 19.8 Å². The molecule has 3 aromatic carbocycles. The number of carbonyl (C=O) groups is 2. The summed E-state index contributed by atoms with van der Waals surface area (Å²) in [6.07, 6.45) is 0.202. The van der Waals surface area contributed by atoms with Gasteiger partial charge in [0, 0.05) is 5.69 Å². The SMILES string of the molecule is CCOC(=O)Cc1cccc(-c2ccc(NC(=O)c3nnc(Nc4ccccc4F)o3)cc2)c1. The summed E-state index contributed by atoms with van der Waals surface area (Å²) in [5, 5.41) is 12.7. The topological polar surface area (TPSA) is 106 Å².